The Morgan fingerprint density at radius 2 is 1.95 bits per heavy atom. The summed E-state index contributed by atoms with van der Waals surface area (Å²) in [5, 5.41) is 17.1. The van der Waals surface area contributed by atoms with Crippen molar-refractivity contribution in [3.63, 3.8) is 0 Å². The lowest BCUT2D eigenvalue weighted by molar-refractivity contribution is -0.138. The Hall–Kier alpha value is -4.04. The maximum absolute atomic E-state index is 14.1. The molecule has 2 N–H and O–H groups in total. The zero-order chi connectivity index (χ0) is 31.2. The number of aromatic nitrogens is 5. The summed E-state index contributed by atoms with van der Waals surface area (Å²) >= 11 is 2.92. The number of nitrogens with one attached hydrogen (secondary N) is 1. The van der Waals surface area contributed by atoms with Crippen molar-refractivity contribution in [2.75, 3.05) is 11.9 Å². The van der Waals surface area contributed by atoms with Crippen molar-refractivity contribution in [1.82, 2.24) is 29.2 Å². The Kier molecular flexibility index (Phi) is 8.18. The number of amides is 1. The number of carbonyl (C=O) groups excluding carboxylic acids is 1. The molecular weight excluding hydrogens is 631 g/mol. The number of fused-ring (bicyclic) bond motifs is 1. The van der Waals surface area contributed by atoms with Gasteiger partial charge in [0.15, 0.2) is 0 Å². The highest BCUT2D eigenvalue weighted by atomic mass is 79.9. The number of rotatable bonds is 6. The Bertz CT molecular complexity index is 1750. The highest BCUT2D eigenvalue weighted by Crippen LogP contribution is 2.36. The molecule has 14 heteroatoms. The smallest absolute Gasteiger partial charge is 0.392 e. The van der Waals surface area contributed by atoms with E-state index < -0.39 is 29.8 Å². The van der Waals surface area contributed by atoms with Gasteiger partial charge in [0.05, 0.1) is 41.5 Å². The predicted molar refractivity (Wildman–Crippen MR) is 157 cm³/mol. The van der Waals surface area contributed by atoms with Gasteiger partial charge in [-0.2, -0.15) is 18.3 Å². The summed E-state index contributed by atoms with van der Waals surface area (Å²) in [6.07, 6.45) is -3.55. The molecule has 4 heterocycles. The van der Waals surface area contributed by atoms with Gasteiger partial charge < -0.3 is 15.3 Å². The fourth-order valence-electron chi connectivity index (χ4n) is 5.04. The Morgan fingerprint density at radius 3 is 2.56 bits per heavy atom. The van der Waals surface area contributed by atoms with Crippen LogP contribution < -0.4 is 10.9 Å². The van der Waals surface area contributed by atoms with Crippen molar-refractivity contribution in [2.45, 2.75) is 59.0 Å². The van der Waals surface area contributed by atoms with E-state index in [1.54, 1.807) is 26.0 Å². The van der Waals surface area contributed by atoms with Gasteiger partial charge in [-0.05, 0) is 70.5 Å². The van der Waals surface area contributed by atoms with E-state index in [-0.39, 0.29) is 34.5 Å². The van der Waals surface area contributed by atoms with Gasteiger partial charge in [-0.15, -0.1) is 0 Å². The average molecular weight is 660 g/mol. The van der Waals surface area contributed by atoms with E-state index >= 15 is 0 Å². The highest BCUT2D eigenvalue weighted by Gasteiger charge is 2.36. The number of benzene rings is 1. The van der Waals surface area contributed by atoms with Crippen molar-refractivity contribution in [3.05, 3.63) is 91.2 Å². The average Bonchev–Trinajstić information content (AvgIpc) is 3.28. The third kappa shape index (κ3) is 6.07. The lowest BCUT2D eigenvalue weighted by Gasteiger charge is -2.34. The largest absolute Gasteiger partial charge is 0.417 e. The summed E-state index contributed by atoms with van der Waals surface area (Å²) in [6, 6.07) is 8.10. The first kappa shape index (κ1) is 30.4. The Morgan fingerprint density at radius 1 is 1.21 bits per heavy atom. The van der Waals surface area contributed by atoms with Gasteiger partial charge in [-0.1, -0.05) is 15.9 Å². The molecule has 0 saturated heterocycles. The first-order valence-electron chi connectivity index (χ1n) is 13.5. The first-order valence-corrected chi connectivity index (χ1v) is 14.3. The molecule has 0 unspecified atom stereocenters. The summed E-state index contributed by atoms with van der Waals surface area (Å²) in [7, 11) is 0. The molecule has 0 spiro atoms. The number of alkyl halides is 3. The third-order valence-electron chi connectivity index (χ3n) is 7.16. The van der Waals surface area contributed by atoms with E-state index in [9.17, 15) is 27.9 Å². The van der Waals surface area contributed by atoms with Crippen LogP contribution in [-0.2, 0) is 19.1 Å². The van der Waals surface area contributed by atoms with Crippen LogP contribution in [-0.4, -0.2) is 58.9 Å². The molecule has 0 saturated carbocycles. The number of hydrogen-bond acceptors (Lipinski definition) is 7. The van der Waals surface area contributed by atoms with Crippen LogP contribution in [0.4, 0.5) is 19.0 Å². The summed E-state index contributed by atoms with van der Waals surface area (Å²) in [5.74, 6) is 0.103. The maximum atomic E-state index is 14.1. The number of anilines is 1. The number of aliphatic hydroxyl groups excluding tert-OH is 1. The van der Waals surface area contributed by atoms with Crippen molar-refractivity contribution in [3.8, 4) is 11.6 Å². The Labute approximate surface area is 253 Å². The molecule has 3 aromatic heterocycles. The van der Waals surface area contributed by atoms with Crippen LogP contribution >= 0.6 is 15.9 Å². The maximum Gasteiger partial charge on any atom is 0.417 e. The summed E-state index contributed by atoms with van der Waals surface area (Å²) in [6.45, 7) is 7.25. The van der Waals surface area contributed by atoms with Crippen LogP contribution in [0, 0.1) is 13.8 Å². The molecule has 1 aliphatic rings. The second-order valence-electron chi connectivity index (χ2n) is 10.6. The molecule has 1 aromatic carbocycles. The number of halogens is 4. The van der Waals surface area contributed by atoms with Crippen LogP contribution in [0.1, 0.15) is 52.4 Å². The fraction of sp³-hybridized carbons (Fsp3) is 0.345. The lowest BCUT2D eigenvalue weighted by Crippen LogP contribution is -2.46. The van der Waals surface area contributed by atoms with Crippen molar-refractivity contribution in [2.24, 2.45) is 0 Å². The van der Waals surface area contributed by atoms with Gasteiger partial charge in [0.25, 0.3) is 11.5 Å². The van der Waals surface area contributed by atoms with E-state index in [1.165, 1.54) is 32.5 Å². The van der Waals surface area contributed by atoms with Gasteiger partial charge in [0.1, 0.15) is 5.82 Å². The standard InChI is InChI=1S/C29H29BrF3N7O3/c1-15-9-17(3)40(37-15)28-36-24-14-38(26(42)19-5-7-23(30)22(11-19)29(31,32)33)16(2)10-21(24)27(43)39(28)20-6-8-25(35-13-20)34-12-18(4)41/h5-9,11,13,16,18,41H,10,12,14H2,1-4H3,(H,34,35)/t16-,18+/m1/s1. The number of pyridine rings is 1. The van der Waals surface area contributed by atoms with E-state index in [4.69, 9.17) is 4.98 Å². The molecule has 4 aromatic rings. The topological polar surface area (TPSA) is 118 Å². The molecule has 43 heavy (non-hydrogen) atoms. The fourth-order valence-corrected chi connectivity index (χ4v) is 5.51. The van der Waals surface area contributed by atoms with Crippen LogP contribution in [0.5, 0.6) is 0 Å². The number of carbonyl (C=O) groups is 1. The summed E-state index contributed by atoms with van der Waals surface area (Å²) < 4.78 is 43.4. The summed E-state index contributed by atoms with van der Waals surface area (Å²) in [5.41, 5.74) is 1.16. The predicted octanol–water partition coefficient (Wildman–Crippen LogP) is 4.59. The molecule has 0 fully saturated rings. The second-order valence-corrected chi connectivity index (χ2v) is 11.5. The lowest BCUT2D eigenvalue weighted by atomic mass is 9.98. The molecule has 1 aliphatic heterocycles. The van der Waals surface area contributed by atoms with Gasteiger partial charge in [-0.25, -0.2) is 19.2 Å². The molecule has 1 amide bonds. The van der Waals surface area contributed by atoms with Gasteiger partial charge >= 0.3 is 6.18 Å². The van der Waals surface area contributed by atoms with E-state index in [1.807, 2.05) is 19.9 Å². The SMILES string of the molecule is Cc1cc(C)n(-c2nc3c(c(=O)n2-c2ccc(NC[C@H](C)O)nc2)C[C@@H](C)N(C(=O)c2ccc(Br)c(C(F)(F)F)c2)C3)n1. The minimum atomic E-state index is -4.64. The normalized spacial score (nSPS) is 15.7. The zero-order valence-electron chi connectivity index (χ0n) is 23.8. The van der Waals surface area contributed by atoms with Crippen molar-refractivity contribution in [1.29, 1.82) is 0 Å². The minimum absolute atomic E-state index is 0.0738. The monoisotopic (exact) mass is 659 g/mol. The van der Waals surface area contributed by atoms with Crippen LogP contribution in [0.25, 0.3) is 11.6 Å². The van der Waals surface area contributed by atoms with Crippen LogP contribution in [0.2, 0.25) is 0 Å². The summed E-state index contributed by atoms with van der Waals surface area (Å²) in [4.78, 5) is 38.2. The molecule has 226 valence electrons. The van der Waals surface area contributed by atoms with Crippen molar-refractivity contribution >= 4 is 27.7 Å². The molecule has 0 radical (unpaired) electrons. The number of aliphatic hydroxyl groups is 1. The number of nitrogens with zero attached hydrogens (tertiary/aromatic N) is 6. The van der Waals surface area contributed by atoms with Crippen LogP contribution in [0.3, 0.4) is 0 Å². The molecule has 0 aliphatic carbocycles. The van der Waals surface area contributed by atoms with E-state index in [2.05, 4.69) is 31.3 Å². The highest BCUT2D eigenvalue weighted by molar-refractivity contribution is 9.10. The first-order chi connectivity index (χ1) is 20.2. The molecule has 0 bridgehead atoms. The third-order valence-corrected chi connectivity index (χ3v) is 7.85. The van der Waals surface area contributed by atoms with E-state index in [0.29, 0.717) is 40.7 Å². The van der Waals surface area contributed by atoms with Gasteiger partial charge in [-0.3, -0.25) is 9.59 Å². The quantitative estimate of drug-likeness (QED) is 0.311. The molecule has 5 rings (SSSR count). The van der Waals surface area contributed by atoms with E-state index in [0.717, 1.165) is 6.07 Å². The molecule has 2 atom stereocenters. The minimum Gasteiger partial charge on any atom is -0.392 e. The van der Waals surface area contributed by atoms with Gasteiger partial charge in [0.2, 0.25) is 5.95 Å². The second kappa shape index (κ2) is 11.6. The molecular formula is C29H29BrF3N7O3. The Balaban J connectivity index is 1.58. The van der Waals surface area contributed by atoms with Gasteiger partial charge in [0, 0.05) is 33.9 Å². The van der Waals surface area contributed by atoms with Crippen molar-refractivity contribution < 1.29 is 23.1 Å². The molecule has 10 nitrogen and oxygen atoms in total. The number of hydrogen-bond donors (Lipinski definition) is 2. The van der Waals surface area contributed by atoms with Crippen LogP contribution in [0.15, 0.2) is 51.9 Å². The zero-order valence-corrected chi connectivity index (χ0v) is 25.4. The number of aryl methyl sites for hydroxylation is 2.